The molecular formula is C19H18N2O. The number of rotatable bonds is 2. The van der Waals surface area contributed by atoms with E-state index in [1.807, 2.05) is 42.5 Å². The first-order chi connectivity index (χ1) is 10.8. The molecule has 1 N–H and O–H groups in total. The second-order valence-corrected chi connectivity index (χ2v) is 5.78. The Morgan fingerprint density at radius 1 is 0.909 bits per heavy atom. The van der Waals surface area contributed by atoms with E-state index < -0.39 is 0 Å². The van der Waals surface area contributed by atoms with Crippen LogP contribution < -0.4 is 5.32 Å². The molecule has 1 amide bonds. The fraction of sp³-hybridized carbons (Fsp3) is 0.211. The second kappa shape index (κ2) is 5.34. The summed E-state index contributed by atoms with van der Waals surface area (Å²) >= 11 is 0. The average Bonchev–Trinajstić information content (AvgIpc) is 3.18. The quantitative estimate of drug-likeness (QED) is 0.857. The molecule has 22 heavy (non-hydrogen) atoms. The number of likely N-dealkylation sites (tertiary alicyclic amines) is 1. The van der Waals surface area contributed by atoms with Gasteiger partial charge in [0.25, 0.3) is 5.91 Å². The van der Waals surface area contributed by atoms with Crippen LogP contribution in [0.15, 0.2) is 54.6 Å². The van der Waals surface area contributed by atoms with Gasteiger partial charge in [0.2, 0.25) is 0 Å². The van der Waals surface area contributed by atoms with E-state index in [2.05, 4.69) is 22.3 Å². The van der Waals surface area contributed by atoms with Crippen LogP contribution in [0.4, 0.5) is 5.69 Å². The van der Waals surface area contributed by atoms with Crippen LogP contribution in [0.25, 0.3) is 11.3 Å². The summed E-state index contributed by atoms with van der Waals surface area (Å²) in [6.07, 6.45) is 2.37. The van der Waals surface area contributed by atoms with Gasteiger partial charge in [0, 0.05) is 24.3 Å². The van der Waals surface area contributed by atoms with E-state index in [4.69, 9.17) is 0 Å². The number of hydrogen-bond donors (Lipinski definition) is 1. The van der Waals surface area contributed by atoms with Crippen molar-refractivity contribution >= 4 is 22.9 Å². The molecule has 110 valence electrons. The molecule has 3 heteroatoms. The molecule has 2 aliphatic rings. The summed E-state index contributed by atoms with van der Waals surface area (Å²) in [6, 6.07) is 18.2. The van der Waals surface area contributed by atoms with Crippen molar-refractivity contribution in [1.82, 2.24) is 4.90 Å². The predicted octanol–water partition coefficient (Wildman–Crippen LogP) is 3.60. The predicted molar refractivity (Wildman–Crippen MR) is 89.1 cm³/mol. The summed E-state index contributed by atoms with van der Waals surface area (Å²) in [5, 5.41) is 3.00. The minimum Gasteiger partial charge on any atom is -0.370 e. The number of carbonyl (C=O) groups is 1. The Morgan fingerprint density at radius 2 is 1.59 bits per heavy atom. The molecule has 3 nitrogen and oxygen atoms in total. The smallest absolute Gasteiger partial charge is 0.258 e. The standard InChI is InChI=1S/C19H18N2O/c22-19-17(15-10-4-5-11-16(15)20-19)18(21-12-6-7-13-21)14-8-2-1-3-9-14/h1-5,8-11H,6-7,12-13H2,(H,20,22)/b18-17-. The third kappa shape index (κ3) is 2.10. The number of para-hydroxylation sites is 1. The van der Waals surface area contributed by atoms with Crippen LogP contribution in [0.2, 0.25) is 0 Å². The lowest BCUT2D eigenvalue weighted by atomic mass is 9.99. The Labute approximate surface area is 130 Å². The van der Waals surface area contributed by atoms with Crippen molar-refractivity contribution < 1.29 is 4.79 Å². The molecule has 1 saturated heterocycles. The van der Waals surface area contributed by atoms with Gasteiger partial charge in [-0.2, -0.15) is 0 Å². The molecule has 0 saturated carbocycles. The Kier molecular flexibility index (Phi) is 3.19. The number of anilines is 1. The highest BCUT2D eigenvalue weighted by Crippen LogP contribution is 2.39. The number of nitrogens with zero attached hydrogens (tertiary/aromatic N) is 1. The van der Waals surface area contributed by atoms with Crippen molar-refractivity contribution in [2.45, 2.75) is 12.8 Å². The molecule has 0 unspecified atom stereocenters. The van der Waals surface area contributed by atoms with Crippen LogP contribution in [-0.4, -0.2) is 23.9 Å². The molecule has 0 atom stereocenters. The summed E-state index contributed by atoms with van der Waals surface area (Å²) in [5.74, 6) is 0.00644. The number of nitrogens with one attached hydrogen (secondary N) is 1. The van der Waals surface area contributed by atoms with Gasteiger partial charge in [-0.05, 0) is 24.5 Å². The first-order valence-corrected chi connectivity index (χ1v) is 7.80. The van der Waals surface area contributed by atoms with Crippen molar-refractivity contribution in [3.05, 3.63) is 65.7 Å². The van der Waals surface area contributed by atoms with Gasteiger partial charge in [0.15, 0.2) is 0 Å². The zero-order valence-electron chi connectivity index (χ0n) is 12.4. The van der Waals surface area contributed by atoms with Crippen molar-refractivity contribution in [1.29, 1.82) is 0 Å². The Balaban J connectivity index is 1.95. The molecular weight excluding hydrogens is 272 g/mol. The van der Waals surface area contributed by atoms with E-state index in [0.717, 1.165) is 41.2 Å². The van der Waals surface area contributed by atoms with Gasteiger partial charge >= 0.3 is 0 Å². The summed E-state index contributed by atoms with van der Waals surface area (Å²) in [4.78, 5) is 15.0. The van der Waals surface area contributed by atoms with E-state index in [0.29, 0.717) is 0 Å². The van der Waals surface area contributed by atoms with E-state index in [-0.39, 0.29) is 5.91 Å². The van der Waals surface area contributed by atoms with Crippen molar-refractivity contribution in [2.75, 3.05) is 18.4 Å². The lowest BCUT2D eigenvalue weighted by Crippen LogP contribution is -2.21. The first-order valence-electron chi connectivity index (χ1n) is 7.80. The van der Waals surface area contributed by atoms with Crippen LogP contribution in [0.5, 0.6) is 0 Å². The van der Waals surface area contributed by atoms with Gasteiger partial charge in [-0.3, -0.25) is 4.79 Å². The summed E-state index contributed by atoms with van der Waals surface area (Å²) in [7, 11) is 0. The molecule has 0 spiro atoms. The topological polar surface area (TPSA) is 32.3 Å². The molecule has 0 radical (unpaired) electrons. The van der Waals surface area contributed by atoms with E-state index in [1.165, 1.54) is 12.8 Å². The molecule has 2 aromatic carbocycles. The summed E-state index contributed by atoms with van der Waals surface area (Å²) < 4.78 is 0. The number of fused-ring (bicyclic) bond motifs is 1. The lowest BCUT2D eigenvalue weighted by Gasteiger charge is -2.24. The SMILES string of the molecule is O=C1Nc2ccccc2/C1=C(\c1ccccc1)N1CCCC1. The normalized spacial score (nSPS) is 19.1. The largest absolute Gasteiger partial charge is 0.370 e. The van der Waals surface area contributed by atoms with Crippen LogP contribution in [0, 0.1) is 0 Å². The third-order valence-electron chi connectivity index (χ3n) is 4.38. The maximum absolute atomic E-state index is 12.6. The molecule has 2 aliphatic heterocycles. The van der Waals surface area contributed by atoms with Crippen molar-refractivity contribution in [3.8, 4) is 0 Å². The zero-order valence-corrected chi connectivity index (χ0v) is 12.4. The monoisotopic (exact) mass is 290 g/mol. The average molecular weight is 290 g/mol. The van der Waals surface area contributed by atoms with Gasteiger partial charge in [0.05, 0.1) is 11.3 Å². The number of amides is 1. The van der Waals surface area contributed by atoms with Gasteiger partial charge in [0.1, 0.15) is 0 Å². The van der Waals surface area contributed by atoms with E-state index in [9.17, 15) is 4.79 Å². The van der Waals surface area contributed by atoms with Crippen LogP contribution >= 0.6 is 0 Å². The van der Waals surface area contributed by atoms with Crippen molar-refractivity contribution in [3.63, 3.8) is 0 Å². The number of carbonyl (C=O) groups excluding carboxylic acids is 1. The summed E-state index contributed by atoms with van der Waals surface area (Å²) in [5.41, 5.74) is 4.92. The molecule has 1 fully saturated rings. The van der Waals surface area contributed by atoms with Crippen LogP contribution in [0.1, 0.15) is 24.0 Å². The molecule has 0 bridgehead atoms. The minimum atomic E-state index is 0.00644. The maximum atomic E-state index is 12.6. The van der Waals surface area contributed by atoms with E-state index >= 15 is 0 Å². The minimum absolute atomic E-state index is 0.00644. The lowest BCUT2D eigenvalue weighted by molar-refractivity contribution is -0.110. The highest BCUT2D eigenvalue weighted by atomic mass is 16.2. The van der Waals surface area contributed by atoms with Gasteiger partial charge in [-0.15, -0.1) is 0 Å². The maximum Gasteiger partial charge on any atom is 0.258 e. The van der Waals surface area contributed by atoms with Gasteiger partial charge in [-0.25, -0.2) is 0 Å². The van der Waals surface area contributed by atoms with Gasteiger partial charge < -0.3 is 10.2 Å². The molecule has 2 heterocycles. The highest BCUT2D eigenvalue weighted by molar-refractivity contribution is 6.36. The fourth-order valence-corrected chi connectivity index (χ4v) is 3.37. The first kappa shape index (κ1) is 13.1. The molecule has 2 aromatic rings. The third-order valence-corrected chi connectivity index (χ3v) is 4.38. The molecule has 0 aliphatic carbocycles. The molecule has 4 rings (SSSR count). The Morgan fingerprint density at radius 3 is 2.36 bits per heavy atom. The number of hydrogen-bond acceptors (Lipinski definition) is 2. The molecule has 0 aromatic heterocycles. The fourth-order valence-electron chi connectivity index (χ4n) is 3.37. The Hall–Kier alpha value is -2.55. The second-order valence-electron chi connectivity index (χ2n) is 5.78. The number of benzene rings is 2. The van der Waals surface area contributed by atoms with Crippen LogP contribution in [0.3, 0.4) is 0 Å². The van der Waals surface area contributed by atoms with Gasteiger partial charge in [-0.1, -0.05) is 48.5 Å². The Bertz CT molecular complexity index is 743. The van der Waals surface area contributed by atoms with E-state index in [1.54, 1.807) is 0 Å². The highest BCUT2D eigenvalue weighted by Gasteiger charge is 2.30. The van der Waals surface area contributed by atoms with Crippen LogP contribution in [-0.2, 0) is 4.79 Å². The van der Waals surface area contributed by atoms with Crippen molar-refractivity contribution in [2.24, 2.45) is 0 Å². The zero-order chi connectivity index (χ0) is 14.9. The summed E-state index contributed by atoms with van der Waals surface area (Å²) in [6.45, 7) is 2.03.